The fourth-order valence-corrected chi connectivity index (χ4v) is 4.67. The number of piperidine rings is 1. The van der Waals surface area contributed by atoms with Crippen LogP contribution in [0.15, 0.2) is 24.3 Å². The Kier molecular flexibility index (Phi) is 5.74. The lowest BCUT2D eigenvalue weighted by atomic mass is 9.99. The molecule has 2 fully saturated rings. The number of alkyl halides is 3. The topological polar surface area (TPSA) is 49.4 Å². The first-order chi connectivity index (χ1) is 15.8. The first kappa shape index (κ1) is 24.2. The van der Waals surface area contributed by atoms with Gasteiger partial charge in [-0.25, -0.2) is 17.6 Å². The Balaban J connectivity index is 1.49. The minimum atomic E-state index is -5.67. The Morgan fingerprint density at radius 3 is 1.88 bits per heavy atom. The van der Waals surface area contributed by atoms with E-state index in [1.54, 1.807) is 22.3 Å². The number of aldehydes is 1. The largest absolute Gasteiger partial charge is 0.422 e. The molecule has 1 saturated heterocycles. The molecule has 2 aromatic rings. The van der Waals surface area contributed by atoms with Crippen molar-refractivity contribution in [3.63, 3.8) is 0 Å². The number of nitrogens with zero attached hydrogens (tertiary/aromatic N) is 1. The highest BCUT2D eigenvalue weighted by molar-refractivity contribution is 5.97. The predicted octanol–water partition coefficient (Wildman–Crippen LogP) is 5.14. The summed E-state index contributed by atoms with van der Waals surface area (Å²) in [5.41, 5.74) is -4.11. The van der Waals surface area contributed by atoms with Crippen molar-refractivity contribution in [1.29, 1.82) is 0 Å². The highest BCUT2D eigenvalue weighted by atomic mass is 19.4. The Bertz CT molecular complexity index is 1120. The molecule has 1 heterocycles. The number of nitrogens with one attached hydrogen (secondary N) is 1. The van der Waals surface area contributed by atoms with Crippen LogP contribution in [0, 0.1) is 35.1 Å². The third-order valence-corrected chi connectivity index (χ3v) is 6.78. The fourth-order valence-electron chi connectivity index (χ4n) is 4.67. The molecular formula is C23H19F7N2O2. The zero-order valence-electron chi connectivity index (χ0n) is 17.9. The van der Waals surface area contributed by atoms with Crippen LogP contribution in [0.5, 0.6) is 0 Å². The second kappa shape index (κ2) is 8.07. The molecule has 0 radical (unpaired) electrons. The van der Waals surface area contributed by atoms with Crippen LogP contribution in [0.25, 0.3) is 0 Å². The van der Waals surface area contributed by atoms with Crippen molar-refractivity contribution in [3.8, 4) is 0 Å². The number of benzene rings is 2. The molecule has 182 valence electrons. The van der Waals surface area contributed by atoms with Crippen molar-refractivity contribution < 1.29 is 40.3 Å². The van der Waals surface area contributed by atoms with Gasteiger partial charge in [0.1, 0.15) is 17.5 Å². The maximum Gasteiger partial charge on any atom is 0.422 e. The smallest absolute Gasteiger partial charge is 0.319 e. The average molecular weight is 488 g/mol. The number of fused-ring (bicyclic) bond motifs is 1. The number of rotatable bonds is 5. The van der Waals surface area contributed by atoms with E-state index in [4.69, 9.17) is 0 Å². The van der Waals surface area contributed by atoms with Crippen molar-refractivity contribution in [2.24, 2.45) is 11.8 Å². The van der Waals surface area contributed by atoms with E-state index in [2.05, 4.69) is 0 Å². The normalized spacial score (nSPS) is 22.4. The average Bonchev–Trinajstić information content (AvgIpc) is 3.26. The summed E-state index contributed by atoms with van der Waals surface area (Å²) in [5.74, 6) is -10.3. The molecule has 1 saturated carbocycles. The van der Waals surface area contributed by atoms with Crippen LogP contribution in [-0.2, 0) is 11.0 Å². The molecule has 2 aromatic carbocycles. The number of amides is 1. The molecule has 2 atom stereocenters. The Labute approximate surface area is 189 Å². The molecule has 2 aliphatic rings. The molecule has 0 aromatic heterocycles. The van der Waals surface area contributed by atoms with Gasteiger partial charge in [0.15, 0.2) is 23.3 Å². The minimum absolute atomic E-state index is 0.198. The summed E-state index contributed by atoms with van der Waals surface area (Å²) in [5, 5.41) is 1.73. The van der Waals surface area contributed by atoms with Crippen molar-refractivity contribution >= 4 is 17.9 Å². The number of halogens is 7. The number of carbonyl (C=O) groups excluding carboxylic acids is 2. The Morgan fingerprint density at radius 1 is 0.941 bits per heavy atom. The van der Waals surface area contributed by atoms with Gasteiger partial charge >= 0.3 is 6.18 Å². The summed E-state index contributed by atoms with van der Waals surface area (Å²) in [6.45, 7) is 3.78. The molecule has 1 amide bonds. The van der Waals surface area contributed by atoms with Crippen LogP contribution >= 0.6 is 0 Å². The van der Waals surface area contributed by atoms with Gasteiger partial charge < -0.3 is 5.32 Å². The van der Waals surface area contributed by atoms with Crippen molar-refractivity contribution in [2.45, 2.75) is 31.5 Å². The lowest BCUT2D eigenvalue weighted by molar-refractivity contribution is -0.143. The van der Waals surface area contributed by atoms with Gasteiger partial charge in [0, 0.05) is 18.7 Å². The van der Waals surface area contributed by atoms with Gasteiger partial charge in [-0.1, -0.05) is 24.3 Å². The highest BCUT2D eigenvalue weighted by Gasteiger charge is 2.59. The molecule has 2 unspecified atom stereocenters. The Morgan fingerprint density at radius 2 is 1.44 bits per heavy atom. The fraction of sp³-hybridized carbons (Fsp3) is 0.391. The third-order valence-electron chi connectivity index (χ3n) is 6.78. The first-order valence-electron chi connectivity index (χ1n) is 10.3. The van der Waals surface area contributed by atoms with Crippen LogP contribution < -0.4 is 5.32 Å². The summed E-state index contributed by atoms with van der Waals surface area (Å²) < 4.78 is 94.4. The predicted molar refractivity (Wildman–Crippen MR) is 107 cm³/mol. The minimum Gasteiger partial charge on any atom is -0.319 e. The van der Waals surface area contributed by atoms with Gasteiger partial charge in [-0.3, -0.25) is 14.5 Å². The maximum absolute atomic E-state index is 14.2. The van der Waals surface area contributed by atoms with Gasteiger partial charge in [-0.2, -0.15) is 13.2 Å². The van der Waals surface area contributed by atoms with E-state index in [1.165, 1.54) is 13.8 Å². The third kappa shape index (κ3) is 3.85. The molecule has 11 heteroatoms. The van der Waals surface area contributed by atoms with E-state index >= 15 is 0 Å². The lowest BCUT2D eigenvalue weighted by Crippen LogP contribution is -2.52. The van der Waals surface area contributed by atoms with Gasteiger partial charge in [0.25, 0.3) is 0 Å². The van der Waals surface area contributed by atoms with Crippen LogP contribution in [0.1, 0.15) is 41.3 Å². The lowest BCUT2D eigenvalue weighted by Gasteiger charge is -2.35. The number of anilines is 1. The zero-order valence-corrected chi connectivity index (χ0v) is 17.9. The molecule has 0 bridgehead atoms. The van der Waals surface area contributed by atoms with E-state index < -0.39 is 52.1 Å². The van der Waals surface area contributed by atoms with Gasteiger partial charge in [-0.15, -0.1) is 0 Å². The van der Waals surface area contributed by atoms with Crippen molar-refractivity contribution in [1.82, 2.24) is 4.90 Å². The highest BCUT2D eigenvalue weighted by Crippen LogP contribution is 2.59. The maximum atomic E-state index is 14.2. The standard InChI is InChI=1S/C23H19F7N2O2/c1-22(2,32-7-12-13(8-32)14(12)11-5-3-10(9-33)4-6-11)21(34)31-20-18(26)16(24)15(23(28,29)30)17(25)19(20)27/h3-6,9,12-14H,7-8H2,1-2H3,(H,31,34). The van der Waals surface area contributed by atoms with E-state index in [0.29, 0.717) is 18.7 Å². The molecule has 1 N–H and O–H groups in total. The number of likely N-dealkylation sites (tertiary alicyclic amines) is 1. The number of hydrogen-bond donors (Lipinski definition) is 1. The van der Waals surface area contributed by atoms with Gasteiger partial charge in [0.2, 0.25) is 5.91 Å². The molecule has 1 aliphatic carbocycles. The summed E-state index contributed by atoms with van der Waals surface area (Å²) in [6, 6.07) is 7.12. The number of hydrogen-bond acceptors (Lipinski definition) is 3. The molecule has 34 heavy (non-hydrogen) atoms. The van der Waals surface area contributed by atoms with Crippen LogP contribution in [0.4, 0.5) is 36.4 Å². The quantitative estimate of drug-likeness (QED) is 0.361. The first-order valence-corrected chi connectivity index (χ1v) is 10.3. The van der Waals surface area contributed by atoms with E-state index in [1.807, 2.05) is 12.1 Å². The molecule has 1 aliphatic heterocycles. The van der Waals surface area contributed by atoms with E-state index in [-0.39, 0.29) is 17.8 Å². The molecule has 0 spiro atoms. The van der Waals surface area contributed by atoms with E-state index in [0.717, 1.165) is 11.8 Å². The monoisotopic (exact) mass is 488 g/mol. The molecular weight excluding hydrogens is 469 g/mol. The zero-order chi connectivity index (χ0) is 25.2. The summed E-state index contributed by atoms with van der Waals surface area (Å²) in [6.07, 6.45) is -4.93. The van der Waals surface area contributed by atoms with Crippen molar-refractivity contribution in [2.75, 3.05) is 18.4 Å². The van der Waals surface area contributed by atoms with Gasteiger partial charge in [-0.05, 0) is 37.2 Å². The summed E-state index contributed by atoms with van der Waals surface area (Å²) >= 11 is 0. The van der Waals surface area contributed by atoms with Crippen LogP contribution in [-0.4, -0.2) is 35.7 Å². The SMILES string of the molecule is CC(C)(C(=O)Nc1c(F)c(F)c(C(F)(F)F)c(F)c1F)N1CC2C(C1)C2c1ccc(C=O)cc1. The second-order valence-electron chi connectivity index (χ2n) is 9.06. The summed E-state index contributed by atoms with van der Waals surface area (Å²) in [7, 11) is 0. The van der Waals surface area contributed by atoms with E-state index in [9.17, 15) is 40.3 Å². The molecule has 4 rings (SSSR count). The number of carbonyl (C=O) groups is 2. The second-order valence-corrected chi connectivity index (χ2v) is 9.06. The summed E-state index contributed by atoms with van der Waals surface area (Å²) in [4.78, 5) is 25.3. The van der Waals surface area contributed by atoms with Crippen LogP contribution in [0.2, 0.25) is 0 Å². The van der Waals surface area contributed by atoms with Crippen molar-refractivity contribution in [3.05, 3.63) is 64.2 Å². The molecule has 4 nitrogen and oxygen atoms in total. The van der Waals surface area contributed by atoms with Gasteiger partial charge in [0.05, 0.1) is 5.54 Å². The van der Waals surface area contributed by atoms with Crippen LogP contribution in [0.3, 0.4) is 0 Å². The Hall–Kier alpha value is -2.95.